The van der Waals surface area contributed by atoms with Crippen LogP contribution in [0.1, 0.15) is 35.4 Å². The van der Waals surface area contributed by atoms with Crippen LogP contribution in [0.4, 0.5) is 0 Å². The highest BCUT2D eigenvalue weighted by Crippen LogP contribution is 2.23. The Morgan fingerprint density at radius 3 is 2.67 bits per heavy atom. The van der Waals surface area contributed by atoms with Gasteiger partial charge in [-0.3, -0.25) is 9.78 Å². The number of benzene rings is 2. The number of fused-ring (bicyclic) bond motifs is 1. The lowest BCUT2D eigenvalue weighted by molar-refractivity contribution is 0.0880. The Kier molecular flexibility index (Phi) is 4.87. The summed E-state index contributed by atoms with van der Waals surface area (Å²) in [5.41, 5.74) is 2.07. The number of carbonyl (C=O) groups is 1. The van der Waals surface area contributed by atoms with Crippen LogP contribution in [0, 0.1) is 0 Å². The van der Waals surface area contributed by atoms with Gasteiger partial charge >= 0.3 is 0 Å². The Morgan fingerprint density at radius 2 is 1.92 bits per heavy atom. The van der Waals surface area contributed by atoms with Crippen molar-refractivity contribution in [2.24, 2.45) is 0 Å². The lowest BCUT2D eigenvalue weighted by Crippen LogP contribution is -2.07. The summed E-state index contributed by atoms with van der Waals surface area (Å²) in [6.45, 7) is 2.49. The third-order valence-electron chi connectivity index (χ3n) is 3.86. The van der Waals surface area contributed by atoms with Gasteiger partial charge in [-0.15, -0.1) is 0 Å². The second-order valence-corrected chi connectivity index (χ2v) is 5.56. The number of pyridine rings is 1. The van der Waals surface area contributed by atoms with E-state index in [2.05, 4.69) is 4.98 Å². The number of carbonyl (C=O) groups excluding carboxylic acids is 1. The Bertz CT molecular complexity index is 843. The quantitative estimate of drug-likeness (QED) is 0.699. The van der Waals surface area contributed by atoms with E-state index in [1.807, 2.05) is 37.3 Å². The van der Waals surface area contributed by atoms with Crippen molar-refractivity contribution in [2.75, 3.05) is 6.61 Å². The van der Waals surface area contributed by atoms with Gasteiger partial charge in [0.15, 0.2) is 5.78 Å². The number of ether oxygens (including phenoxy) is 1. The van der Waals surface area contributed by atoms with E-state index in [0.29, 0.717) is 17.7 Å². The average molecular weight is 321 g/mol. The lowest BCUT2D eigenvalue weighted by atomic mass is 10.0. The molecule has 122 valence electrons. The van der Waals surface area contributed by atoms with E-state index in [9.17, 15) is 9.90 Å². The van der Waals surface area contributed by atoms with Crippen molar-refractivity contribution < 1.29 is 14.6 Å². The summed E-state index contributed by atoms with van der Waals surface area (Å²) in [5, 5.41) is 11.3. The smallest absolute Gasteiger partial charge is 0.165 e. The van der Waals surface area contributed by atoms with Gasteiger partial charge in [-0.2, -0.15) is 0 Å². The second-order valence-electron chi connectivity index (χ2n) is 5.56. The molecule has 3 aromatic rings. The van der Waals surface area contributed by atoms with Gasteiger partial charge in [-0.1, -0.05) is 18.2 Å². The van der Waals surface area contributed by atoms with Crippen LogP contribution >= 0.6 is 0 Å². The molecule has 1 heterocycles. The van der Waals surface area contributed by atoms with Gasteiger partial charge < -0.3 is 9.84 Å². The van der Waals surface area contributed by atoms with Crippen molar-refractivity contribution in [3.63, 3.8) is 0 Å². The van der Waals surface area contributed by atoms with Crippen LogP contribution in [-0.2, 0) is 0 Å². The van der Waals surface area contributed by atoms with Crippen molar-refractivity contribution in [1.29, 1.82) is 0 Å². The van der Waals surface area contributed by atoms with Crippen LogP contribution in [0.5, 0.6) is 5.75 Å². The Balaban J connectivity index is 1.72. The van der Waals surface area contributed by atoms with Gasteiger partial charge in [0.1, 0.15) is 5.75 Å². The van der Waals surface area contributed by atoms with E-state index in [-0.39, 0.29) is 12.2 Å². The molecular weight excluding hydrogens is 302 g/mol. The molecule has 1 N–H and O–H groups in total. The van der Waals surface area contributed by atoms with Gasteiger partial charge in [0.25, 0.3) is 0 Å². The predicted octanol–water partition coefficient (Wildman–Crippen LogP) is 3.94. The first-order valence-electron chi connectivity index (χ1n) is 7.96. The fraction of sp³-hybridized carbons (Fsp3) is 0.200. The topological polar surface area (TPSA) is 59.4 Å². The lowest BCUT2D eigenvalue weighted by Gasteiger charge is -2.11. The molecule has 1 aromatic heterocycles. The minimum absolute atomic E-state index is 0.0218. The Morgan fingerprint density at radius 1 is 1.17 bits per heavy atom. The number of aromatic nitrogens is 1. The molecule has 0 saturated heterocycles. The number of rotatable bonds is 6. The highest BCUT2D eigenvalue weighted by molar-refractivity contribution is 5.96. The molecule has 0 bridgehead atoms. The average Bonchev–Trinajstić information content (AvgIpc) is 2.62. The number of ketones is 1. The summed E-state index contributed by atoms with van der Waals surface area (Å²) in [7, 11) is 0. The third-order valence-corrected chi connectivity index (χ3v) is 3.86. The number of hydrogen-bond donors (Lipinski definition) is 1. The van der Waals surface area contributed by atoms with Crippen LogP contribution in [0.25, 0.3) is 10.9 Å². The van der Waals surface area contributed by atoms with Gasteiger partial charge in [0, 0.05) is 23.6 Å². The van der Waals surface area contributed by atoms with Gasteiger partial charge in [0.05, 0.1) is 18.2 Å². The zero-order valence-corrected chi connectivity index (χ0v) is 13.5. The van der Waals surface area contributed by atoms with Crippen LogP contribution in [0.15, 0.2) is 60.8 Å². The molecule has 0 aliphatic rings. The monoisotopic (exact) mass is 321 g/mol. The summed E-state index contributed by atoms with van der Waals surface area (Å²) in [4.78, 5) is 16.7. The minimum Gasteiger partial charge on any atom is -0.494 e. The summed E-state index contributed by atoms with van der Waals surface area (Å²) in [6.07, 6.45) is 0.771. The maximum absolute atomic E-state index is 12.3. The van der Waals surface area contributed by atoms with Gasteiger partial charge in [-0.05, 0) is 48.9 Å². The summed E-state index contributed by atoms with van der Waals surface area (Å²) < 4.78 is 5.36. The first-order valence-corrected chi connectivity index (χ1v) is 7.96. The number of para-hydroxylation sites is 1. The molecule has 0 saturated carbocycles. The minimum atomic E-state index is -0.874. The fourth-order valence-electron chi connectivity index (χ4n) is 2.59. The number of nitrogens with zero attached hydrogens (tertiary/aromatic N) is 1. The van der Waals surface area contributed by atoms with Crippen LogP contribution in [-0.4, -0.2) is 22.5 Å². The van der Waals surface area contributed by atoms with Crippen molar-refractivity contribution in [2.45, 2.75) is 19.4 Å². The Hall–Kier alpha value is -2.72. The van der Waals surface area contributed by atoms with E-state index in [1.165, 1.54) is 0 Å². The zero-order chi connectivity index (χ0) is 16.9. The van der Waals surface area contributed by atoms with Crippen molar-refractivity contribution in [1.82, 2.24) is 4.98 Å². The molecule has 1 atom stereocenters. The number of hydrogen-bond acceptors (Lipinski definition) is 4. The fourth-order valence-corrected chi connectivity index (χ4v) is 2.59. The molecule has 1 unspecified atom stereocenters. The third kappa shape index (κ3) is 3.60. The molecule has 0 amide bonds. The highest BCUT2D eigenvalue weighted by atomic mass is 16.5. The van der Waals surface area contributed by atoms with E-state index in [0.717, 1.165) is 16.7 Å². The van der Waals surface area contributed by atoms with E-state index < -0.39 is 6.10 Å². The van der Waals surface area contributed by atoms with Crippen molar-refractivity contribution >= 4 is 16.7 Å². The predicted molar refractivity (Wildman–Crippen MR) is 93.3 cm³/mol. The molecule has 0 radical (unpaired) electrons. The van der Waals surface area contributed by atoms with Crippen molar-refractivity contribution in [3.8, 4) is 5.75 Å². The number of Topliss-reactive ketones (excluding diaryl/α,β-unsaturated/α-hetero) is 1. The maximum Gasteiger partial charge on any atom is 0.165 e. The standard InChI is InChI=1S/C20H19NO3/c1-2-24-17-9-7-14(8-10-17)19(22)12-20(23)16-11-15-5-3-4-6-18(15)21-13-16/h3-11,13,20,23H,2,12H2,1H3. The number of aliphatic hydroxyl groups is 1. The van der Waals surface area contributed by atoms with E-state index in [1.54, 1.807) is 30.5 Å². The second kappa shape index (κ2) is 7.23. The highest BCUT2D eigenvalue weighted by Gasteiger charge is 2.15. The molecule has 2 aromatic carbocycles. The normalized spacial score (nSPS) is 12.1. The Labute approximate surface area is 140 Å². The molecule has 0 aliphatic carbocycles. The van der Waals surface area contributed by atoms with Crippen LogP contribution in [0.3, 0.4) is 0 Å². The molecular formula is C20H19NO3. The number of aliphatic hydroxyl groups excluding tert-OH is 1. The molecule has 0 aliphatic heterocycles. The van der Waals surface area contributed by atoms with Crippen LogP contribution in [0.2, 0.25) is 0 Å². The summed E-state index contributed by atoms with van der Waals surface area (Å²) >= 11 is 0. The first-order chi connectivity index (χ1) is 11.7. The summed E-state index contributed by atoms with van der Waals surface area (Å²) in [5.74, 6) is 0.618. The molecule has 0 fully saturated rings. The van der Waals surface area contributed by atoms with E-state index in [4.69, 9.17) is 4.74 Å². The maximum atomic E-state index is 12.3. The molecule has 24 heavy (non-hydrogen) atoms. The largest absolute Gasteiger partial charge is 0.494 e. The SMILES string of the molecule is CCOc1ccc(C(=O)CC(O)c2cnc3ccccc3c2)cc1. The first kappa shape index (κ1) is 16.1. The van der Waals surface area contributed by atoms with Crippen LogP contribution < -0.4 is 4.74 Å². The summed E-state index contributed by atoms with van der Waals surface area (Å²) in [6, 6.07) is 16.5. The molecule has 0 spiro atoms. The van der Waals surface area contributed by atoms with Gasteiger partial charge in [0.2, 0.25) is 0 Å². The molecule has 4 nitrogen and oxygen atoms in total. The molecule has 4 heteroatoms. The van der Waals surface area contributed by atoms with Crippen molar-refractivity contribution in [3.05, 3.63) is 71.9 Å². The molecule has 3 rings (SSSR count). The van der Waals surface area contributed by atoms with Gasteiger partial charge in [-0.25, -0.2) is 0 Å². The zero-order valence-electron chi connectivity index (χ0n) is 13.5. The van der Waals surface area contributed by atoms with E-state index >= 15 is 0 Å².